The summed E-state index contributed by atoms with van der Waals surface area (Å²) in [6.07, 6.45) is 9.91. The topological polar surface area (TPSA) is 23.8 Å². The van der Waals surface area contributed by atoms with Gasteiger partial charge in [0.2, 0.25) is 0 Å². The van der Waals surface area contributed by atoms with Crippen molar-refractivity contribution in [3.8, 4) is 17.2 Å². The van der Waals surface area contributed by atoms with Crippen LogP contribution in [0.2, 0.25) is 0 Å². The first-order valence-corrected chi connectivity index (χ1v) is 11.2. The molecule has 3 atom stereocenters. The van der Waals surface area contributed by atoms with Crippen LogP contribution in [0.3, 0.4) is 0 Å². The van der Waals surface area contributed by atoms with Gasteiger partial charge in [-0.25, -0.2) is 13.2 Å². The van der Waals surface area contributed by atoms with Crippen LogP contribution in [-0.4, -0.2) is 0 Å². The molecule has 1 saturated carbocycles. The molecule has 0 saturated heterocycles. The van der Waals surface area contributed by atoms with Crippen LogP contribution < -0.4 is 0 Å². The highest BCUT2D eigenvalue weighted by Crippen LogP contribution is 2.49. The Labute approximate surface area is 176 Å². The van der Waals surface area contributed by atoms with E-state index >= 15 is 8.78 Å². The highest BCUT2D eigenvalue weighted by atomic mass is 19.1. The van der Waals surface area contributed by atoms with Gasteiger partial charge in [-0.3, -0.25) is 0 Å². The maximum Gasteiger partial charge on any atom is 0.141 e. The molecule has 0 heterocycles. The van der Waals surface area contributed by atoms with Crippen LogP contribution in [0.15, 0.2) is 24.3 Å². The van der Waals surface area contributed by atoms with Gasteiger partial charge in [-0.1, -0.05) is 38.7 Å². The first-order chi connectivity index (χ1) is 14.5. The fourth-order valence-electron chi connectivity index (χ4n) is 5.65. The highest BCUT2D eigenvalue weighted by Gasteiger charge is 2.37. The molecule has 158 valence electrons. The van der Waals surface area contributed by atoms with Crippen molar-refractivity contribution in [2.75, 3.05) is 0 Å². The molecule has 0 amide bonds. The predicted octanol–water partition coefficient (Wildman–Crippen LogP) is 7.67. The fraction of sp³-hybridized carbons (Fsp3) is 0.500. The third-order valence-electron chi connectivity index (χ3n) is 7.20. The quantitative estimate of drug-likeness (QED) is 0.463. The molecule has 3 unspecified atom stereocenters. The Kier molecular flexibility index (Phi) is 6.18. The van der Waals surface area contributed by atoms with Crippen molar-refractivity contribution in [1.82, 2.24) is 0 Å². The standard InChI is InChI=1S/C26H28F3N/c1-2-3-4-5-16-6-10-20-17(12-16)9-11-21-22(20)14-24(28)25(26(21)29)18-7-8-19(15-30)23(27)13-18/h7-8,13-14,16-17,20H,2-6,9-12H2,1H3. The molecule has 2 aromatic carbocycles. The number of fused-ring (bicyclic) bond motifs is 3. The van der Waals surface area contributed by atoms with E-state index in [9.17, 15) is 4.39 Å². The van der Waals surface area contributed by atoms with Gasteiger partial charge in [0.15, 0.2) is 0 Å². The molecule has 1 fully saturated rings. The molecule has 0 spiro atoms. The molecule has 0 bridgehead atoms. The van der Waals surface area contributed by atoms with Crippen molar-refractivity contribution in [1.29, 1.82) is 5.26 Å². The lowest BCUT2D eigenvalue weighted by molar-refractivity contribution is 0.197. The Morgan fingerprint density at radius 3 is 2.60 bits per heavy atom. The monoisotopic (exact) mass is 411 g/mol. The van der Waals surface area contributed by atoms with Crippen molar-refractivity contribution < 1.29 is 13.2 Å². The minimum absolute atomic E-state index is 0.129. The lowest BCUT2D eigenvalue weighted by atomic mass is 9.64. The number of unbranched alkanes of at least 4 members (excludes halogenated alkanes) is 2. The zero-order valence-corrected chi connectivity index (χ0v) is 17.5. The Hall–Kier alpha value is -2.28. The second kappa shape index (κ2) is 8.84. The molecule has 1 nitrogen and oxygen atoms in total. The summed E-state index contributed by atoms with van der Waals surface area (Å²) < 4.78 is 44.5. The van der Waals surface area contributed by atoms with Gasteiger partial charge in [0.25, 0.3) is 0 Å². The van der Waals surface area contributed by atoms with E-state index in [4.69, 9.17) is 5.26 Å². The molecule has 0 aliphatic heterocycles. The highest BCUT2D eigenvalue weighted by molar-refractivity contribution is 5.68. The third-order valence-corrected chi connectivity index (χ3v) is 7.20. The third kappa shape index (κ3) is 3.87. The molecule has 2 aliphatic carbocycles. The van der Waals surface area contributed by atoms with E-state index in [1.54, 1.807) is 6.07 Å². The summed E-state index contributed by atoms with van der Waals surface area (Å²) in [4.78, 5) is 0. The number of hydrogen-bond donors (Lipinski definition) is 0. The van der Waals surface area contributed by atoms with E-state index in [1.807, 2.05) is 0 Å². The lowest BCUT2D eigenvalue weighted by Gasteiger charge is -2.41. The average molecular weight is 412 g/mol. The zero-order valence-electron chi connectivity index (χ0n) is 17.5. The van der Waals surface area contributed by atoms with Gasteiger partial charge in [0.1, 0.15) is 23.5 Å². The summed E-state index contributed by atoms with van der Waals surface area (Å²) in [5.74, 6) is -0.469. The number of hydrogen-bond acceptors (Lipinski definition) is 1. The Morgan fingerprint density at radius 2 is 1.87 bits per heavy atom. The molecule has 0 radical (unpaired) electrons. The molecule has 0 N–H and O–H groups in total. The molecule has 4 heteroatoms. The predicted molar refractivity (Wildman–Crippen MR) is 113 cm³/mol. The first-order valence-electron chi connectivity index (χ1n) is 11.2. The van der Waals surface area contributed by atoms with Crippen molar-refractivity contribution in [2.45, 2.75) is 70.6 Å². The number of rotatable bonds is 5. The molecule has 2 aliphatic rings. The molecule has 0 aromatic heterocycles. The minimum Gasteiger partial charge on any atom is -0.206 e. The van der Waals surface area contributed by atoms with E-state index in [1.165, 1.54) is 50.3 Å². The van der Waals surface area contributed by atoms with Gasteiger partial charge >= 0.3 is 0 Å². The molecular formula is C26H28F3N. The fourth-order valence-corrected chi connectivity index (χ4v) is 5.65. The van der Waals surface area contributed by atoms with Crippen LogP contribution in [0.1, 0.15) is 80.9 Å². The average Bonchev–Trinajstić information content (AvgIpc) is 2.74. The van der Waals surface area contributed by atoms with Crippen LogP contribution in [-0.2, 0) is 6.42 Å². The SMILES string of the molecule is CCCCCC1CCC2c3cc(F)c(-c4ccc(C#N)c(F)c4)c(F)c3CCC2C1. The lowest BCUT2D eigenvalue weighted by Crippen LogP contribution is -2.29. The summed E-state index contributed by atoms with van der Waals surface area (Å²) in [5, 5.41) is 8.90. The van der Waals surface area contributed by atoms with Crippen LogP contribution in [0.4, 0.5) is 13.2 Å². The van der Waals surface area contributed by atoms with Crippen LogP contribution in [0, 0.1) is 40.6 Å². The molecule has 30 heavy (non-hydrogen) atoms. The van der Waals surface area contributed by atoms with E-state index < -0.39 is 17.5 Å². The minimum atomic E-state index is -0.756. The molecule has 4 rings (SSSR count). The number of nitriles is 1. The summed E-state index contributed by atoms with van der Waals surface area (Å²) in [7, 11) is 0. The van der Waals surface area contributed by atoms with Crippen molar-refractivity contribution in [3.05, 3.63) is 58.4 Å². The molecule has 2 aromatic rings. The normalized spacial score (nSPS) is 22.8. The largest absolute Gasteiger partial charge is 0.206 e. The van der Waals surface area contributed by atoms with Gasteiger partial charge in [0, 0.05) is 0 Å². The van der Waals surface area contributed by atoms with E-state index in [-0.39, 0.29) is 22.6 Å². The number of nitrogens with zero attached hydrogens (tertiary/aromatic N) is 1. The maximum atomic E-state index is 15.4. The summed E-state index contributed by atoms with van der Waals surface area (Å²) in [5.41, 5.74) is 1.26. The Balaban J connectivity index is 1.62. The smallest absolute Gasteiger partial charge is 0.141 e. The zero-order chi connectivity index (χ0) is 21.3. The van der Waals surface area contributed by atoms with E-state index in [0.717, 1.165) is 36.8 Å². The summed E-state index contributed by atoms with van der Waals surface area (Å²) in [6, 6.07) is 6.99. The first kappa shape index (κ1) is 21.0. The maximum absolute atomic E-state index is 15.4. The van der Waals surface area contributed by atoms with Gasteiger partial charge < -0.3 is 0 Å². The van der Waals surface area contributed by atoms with Gasteiger partial charge in [0.05, 0.1) is 11.1 Å². The van der Waals surface area contributed by atoms with Crippen molar-refractivity contribution in [2.24, 2.45) is 11.8 Å². The van der Waals surface area contributed by atoms with Crippen molar-refractivity contribution >= 4 is 0 Å². The van der Waals surface area contributed by atoms with Crippen LogP contribution >= 0.6 is 0 Å². The summed E-state index contributed by atoms with van der Waals surface area (Å²) >= 11 is 0. The van der Waals surface area contributed by atoms with Gasteiger partial charge in [-0.2, -0.15) is 5.26 Å². The van der Waals surface area contributed by atoms with Crippen LogP contribution in [0.25, 0.3) is 11.1 Å². The number of benzene rings is 2. The van der Waals surface area contributed by atoms with Crippen LogP contribution in [0.5, 0.6) is 0 Å². The number of halogens is 3. The molecular weight excluding hydrogens is 383 g/mol. The Morgan fingerprint density at radius 1 is 1.03 bits per heavy atom. The van der Waals surface area contributed by atoms with E-state index in [2.05, 4.69) is 6.92 Å². The summed E-state index contributed by atoms with van der Waals surface area (Å²) in [6.45, 7) is 2.22. The van der Waals surface area contributed by atoms with Gasteiger partial charge in [-0.15, -0.1) is 0 Å². The van der Waals surface area contributed by atoms with E-state index in [0.29, 0.717) is 17.9 Å². The van der Waals surface area contributed by atoms with Crippen molar-refractivity contribution in [3.63, 3.8) is 0 Å². The Bertz CT molecular complexity index is 975. The second-order valence-electron chi connectivity index (χ2n) is 9.00. The van der Waals surface area contributed by atoms with Gasteiger partial charge in [-0.05, 0) is 84.7 Å². The second-order valence-corrected chi connectivity index (χ2v) is 9.00.